The normalized spacial score (nSPS) is 10.4. The van der Waals surface area contributed by atoms with Crippen LogP contribution in [0.3, 0.4) is 0 Å². The Balaban J connectivity index is 2.12. The molecule has 0 fully saturated rings. The van der Waals surface area contributed by atoms with Crippen LogP contribution in [-0.2, 0) is 4.79 Å². The smallest absolute Gasteiger partial charge is 0.313 e. The molecule has 1 aromatic heterocycles. The Morgan fingerprint density at radius 2 is 2.12 bits per heavy atom. The van der Waals surface area contributed by atoms with E-state index in [1.807, 2.05) is 36.6 Å². The average Bonchev–Trinajstić information content (AvgIpc) is 2.76. The van der Waals surface area contributed by atoms with Crippen molar-refractivity contribution < 1.29 is 9.90 Å². The molecule has 0 radical (unpaired) electrons. The van der Waals surface area contributed by atoms with E-state index in [2.05, 4.69) is 4.98 Å². The van der Waals surface area contributed by atoms with Crippen molar-refractivity contribution in [3.8, 4) is 11.3 Å². The number of carboxylic acids is 1. The van der Waals surface area contributed by atoms with Gasteiger partial charge in [0.1, 0.15) is 0 Å². The predicted octanol–water partition coefficient (Wildman–Crippen LogP) is 3.30. The number of benzene rings is 1. The molecule has 1 heterocycles. The standard InChI is InChI=1S/C12H11NO2S2/c1-8-2-4-9(5-3-8)10-6-16-12(13-10)17-7-11(14)15/h2-6H,7H2,1H3,(H,14,15). The fourth-order valence-corrected chi connectivity index (χ4v) is 2.86. The van der Waals surface area contributed by atoms with E-state index in [9.17, 15) is 4.79 Å². The van der Waals surface area contributed by atoms with Gasteiger partial charge in [0, 0.05) is 10.9 Å². The van der Waals surface area contributed by atoms with E-state index in [0.717, 1.165) is 15.6 Å². The molecule has 0 saturated carbocycles. The second kappa shape index (κ2) is 5.33. The van der Waals surface area contributed by atoms with Gasteiger partial charge in [-0.05, 0) is 6.92 Å². The minimum absolute atomic E-state index is 0.0564. The van der Waals surface area contributed by atoms with E-state index in [4.69, 9.17) is 5.11 Å². The number of nitrogens with zero attached hydrogens (tertiary/aromatic N) is 1. The third kappa shape index (κ3) is 3.31. The topological polar surface area (TPSA) is 50.2 Å². The SMILES string of the molecule is Cc1ccc(-c2csc(SCC(=O)O)n2)cc1. The summed E-state index contributed by atoms with van der Waals surface area (Å²) >= 11 is 2.73. The summed E-state index contributed by atoms with van der Waals surface area (Å²) in [5.41, 5.74) is 3.18. The zero-order valence-corrected chi connectivity index (χ0v) is 10.8. The zero-order chi connectivity index (χ0) is 12.3. The van der Waals surface area contributed by atoms with Crippen molar-refractivity contribution in [2.24, 2.45) is 0 Å². The molecule has 0 atom stereocenters. The maximum absolute atomic E-state index is 10.4. The van der Waals surface area contributed by atoms with Gasteiger partial charge in [0.05, 0.1) is 11.4 Å². The molecular formula is C12H11NO2S2. The molecule has 0 spiro atoms. The van der Waals surface area contributed by atoms with Crippen LogP contribution in [0, 0.1) is 6.92 Å². The fourth-order valence-electron chi connectivity index (χ4n) is 1.30. The van der Waals surface area contributed by atoms with Gasteiger partial charge in [-0.3, -0.25) is 4.79 Å². The second-order valence-electron chi connectivity index (χ2n) is 3.55. The zero-order valence-electron chi connectivity index (χ0n) is 9.21. The lowest BCUT2D eigenvalue weighted by atomic mass is 10.1. The molecule has 2 aromatic rings. The highest BCUT2D eigenvalue weighted by molar-refractivity contribution is 8.01. The average molecular weight is 265 g/mol. The number of aliphatic carboxylic acids is 1. The molecule has 5 heteroatoms. The minimum Gasteiger partial charge on any atom is -0.481 e. The molecule has 0 aliphatic carbocycles. The quantitative estimate of drug-likeness (QED) is 0.862. The van der Waals surface area contributed by atoms with E-state index < -0.39 is 5.97 Å². The van der Waals surface area contributed by atoms with Gasteiger partial charge in [-0.25, -0.2) is 4.98 Å². The summed E-state index contributed by atoms with van der Waals surface area (Å²) in [4.78, 5) is 14.8. The number of carbonyl (C=O) groups is 1. The van der Waals surface area contributed by atoms with Gasteiger partial charge in [0.2, 0.25) is 0 Å². The van der Waals surface area contributed by atoms with E-state index in [-0.39, 0.29) is 5.75 Å². The van der Waals surface area contributed by atoms with Gasteiger partial charge in [0.25, 0.3) is 0 Å². The number of carboxylic acid groups (broad SMARTS) is 1. The maximum atomic E-state index is 10.4. The van der Waals surface area contributed by atoms with Crippen LogP contribution in [0.2, 0.25) is 0 Å². The van der Waals surface area contributed by atoms with E-state index in [0.29, 0.717) is 0 Å². The summed E-state index contributed by atoms with van der Waals surface area (Å²) in [7, 11) is 0. The van der Waals surface area contributed by atoms with Crippen molar-refractivity contribution in [3.05, 3.63) is 35.2 Å². The number of thiazole rings is 1. The predicted molar refractivity (Wildman–Crippen MR) is 70.6 cm³/mol. The van der Waals surface area contributed by atoms with E-state index >= 15 is 0 Å². The molecular weight excluding hydrogens is 254 g/mol. The highest BCUT2D eigenvalue weighted by Gasteiger charge is 2.06. The maximum Gasteiger partial charge on any atom is 0.313 e. The molecule has 0 aliphatic rings. The molecule has 0 unspecified atom stereocenters. The lowest BCUT2D eigenvalue weighted by Crippen LogP contribution is -1.96. The molecule has 2 rings (SSSR count). The first kappa shape index (κ1) is 12.1. The Morgan fingerprint density at radius 3 is 2.76 bits per heavy atom. The highest BCUT2D eigenvalue weighted by atomic mass is 32.2. The van der Waals surface area contributed by atoms with Crippen LogP contribution in [0.4, 0.5) is 0 Å². The van der Waals surface area contributed by atoms with Crippen LogP contribution in [0.1, 0.15) is 5.56 Å². The van der Waals surface area contributed by atoms with Gasteiger partial charge in [-0.15, -0.1) is 11.3 Å². The van der Waals surface area contributed by atoms with Gasteiger partial charge in [0.15, 0.2) is 4.34 Å². The van der Waals surface area contributed by atoms with E-state index in [1.54, 1.807) is 0 Å². The van der Waals surface area contributed by atoms with Crippen molar-refractivity contribution in [3.63, 3.8) is 0 Å². The van der Waals surface area contributed by atoms with Gasteiger partial charge in [-0.1, -0.05) is 41.6 Å². The van der Waals surface area contributed by atoms with Crippen LogP contribution >= 0.6 is 23.1 Å². The Hall–Kier alpha value is -1.33. The minimum atomic E-state index is -0.818. The lowest BCUT2D eigenvalue weighted by molar-refractivity contribution is -0.133. The van der Waals surface area contributed by atoms with Gasteiger partial charge in [-0.2, -0.15) is 0 Å². The number of aromatic nitrogens is 1. The van der Waals surface area contributed by atoms with Crippen LogP contribution in [0.15, 0.2) is 34.0 Å². The van der Waals surface area contributed by atoms with Crippen LogP contribution in [0.25, 0.3) is 11.3 Å². The number of rotatable bonds is 4. The van der Waals surface area contributed by atoms with Crippen molar-refractivity contribution in [2.75, 3.05) is 5.75 Å². The van der Waals surface area contributed by atoms with Crippen LogP contribution in [0.5, 0.6) is 0 Å². The summed E-state index contributed by atoms with van der Waals surface area (Å²) in [6.07, 6.45) is 0. The number of hydrogen-bond acceptors (Lipinski definition) is 4. The fraction of sp³-hybridized carbons (Fsp3) is 0.167. The van der Waals surface area contributed by atoms with Gasteiger partial charge < -0.3 is 5.11 Å². The third-order valence-electron chi connectivity index (χ3n) is 2.15. The molecule has 1 aromatic carbocycles. The summed E-state index contributed by atoms with van der Waals surface area (Å²) in [6.45, 7) is 2.04. The lowest BCUT2D eigenvalue weighted by Gasteiger charge is -1.97. The van der Waals surface area contributed by atoms with Crippen LogP contribution in [-0.4, -0.2) is 21.8 Å². The third-order valence-corrected chi connectivity index (χ3v) is 4.16. The number of aryl methyl sites for hydroxylation is 1. The van der Waals surface area contributed by atoms with Crippen molar-refractivity contribution in [1.29, 1.82) is 0 Å². The monoisotopic (exact) mass is 265 g/mol. The van der Waals surface area contributed by atoms with E-state index in [1.165, 1.54) is 28.7 Å². The number of hydrogen-bond donors (Lipinski definition) is 1. The van der Waals surface area contributed by atoms with Gasteiger partial charge >= 0.3 is 5.97 Å². The molecule has 17 heavy (non-hydrogen) atoms. The molecule has 0 bridgehead atoms. The molecule has 88 valence electrons. The first-order valence-corrected chi connectivity index (χ1v) is 6.89. The molecule has 3 nitrogen and oxygen atoms in total. The summed E-state index contributed by atoms with van der Waals surface area (Å²) in [6, 6.07) is 8.13. The molecule has 0 amide bonds. The van der Waals surface area contributed by atoms with Crippen molar-refractivity contribution >= 4 is 29.1 Å². The number of thioether (sulfide) groups is 1. The summed E-state index contributed by atoms with van der Waals surface area (Å²) in [5, 5.41) is 10.5. The molecule has 0 saturated heterocycles. The highest BCUT2D eigenvalue weighted by Crippen LogP contribution is 2.28. The summed E-state index contributed by atoms with van der Waals surface area (Å²) in [5.74, 6) is -0.761. The molecule has 0 aliphatic heterocycles. The Kier molecular flexibility index (Phi) is 3.81. The Bertz CT molecular complexity index is 520. The van der Waals surface area contributed by atoms with Crippen molar-refractivity contribution in [2.45, 2.75) is 11.3 Å². The Labute approximate surface area is 108 Å². The van der Waals surface area contributed by atoms with Crippen LogP contribution < -0.4 is 0 Å². The second-order valence-corrected chi connectivity index (χ2v) is 5.63. The first-order chi connectivity index (χ1) is 8.15. The largest absolute Gasteiger partial charge is 0.481 e. The first-order valence-electron chi connectivity index (χ1n) is 5.02. The van der Waals surface area contributed by atoms with Crippen molar-refractivity contribution in [1.82, 2.24) is 4.98 Å². The molecule has 1 N–H and O–H groups in total. The summed E-state index contributed by atoms with van der Waals surface area (Å²) < 4.78 is 0.794. The Morgan fingerprint density at radius 1 is 1.41 bits per heavy atom.